The molecule has 18 heavy (non-hydrogen) atoms. The van der Waals surface area contributed by atoms with Crippen molar-refractivity contribution in [3.8, 4) is 0 Å². The summed E-state index contributed by atoms with van der Waals surface area (Å²) >= 11 is 5.63. The van der Waals surface area contributed by atoms with Crippen LogP contribution in [0.1, 0.15) is 30.0 Å². The van der Waals surface area contributed by atoms with Crippen molar-refractivity contribution in [2.75, 3.05) is 6.61 Å². The molecule has 2 nitrogen and oxygen atoms in total. The fraction of sp³-hybridized carbons (Fsp3) is 0.455. The third-order valence-electron chi connectivity index (χ3n) is 2.35. The maximum atomic E-state index is 12.5. The zero-order valence-corrected chi connectivity index (χ0v) is 10.9. The highest BCUT2D eigenvalue weighted by molar-refractivity contribution is 6.30. The number of alkyl halides is 3. The minimum absolute atomic E-state index is 0. The molecule has 0 amide bonds. The molecule has 0 aliphatic rings. The van der Waals surface area contributed by atoms with Crippen molar-refractivity contribution in [3.63, 3.8) is 0 Å². The second kappa shape index (κ2) is 7.19. The van der Waals surface area contributed by atoms with E-state index in [4.69, 9.17) is 22.4 Å². The Morgan fingerprint density at radius 3 is 2.39 bits per heavy atom. The van der Waals surface area contributed by atoms with Gasteiger partial charge in [0.2, 0.25) is 0 Å². The van der Waals surface area contributed by atoms with E-state index in [9.17, 15) is 13.2 Å². The van der Waals surface area contributed by atoms with E-state index in [1.807, 2.05) is 0 Å². The molecule has 0 spiro atoms. The van der Waals surface area contributed by atoms with Gasteiger partial charge < -0.3 is 10.8 Å². The minimum Gasteiger partial charge on any atom is -0.396 e. The number of nitrogens with two attached hydrogens (primary N) is 1. The van der Waals surface area contributed by atoms with Gasteiger partial charge in [-0.2, -0.15) is 13.2 Å². The number of benzene rings is 1. The molecule has 0 bridgehead atoms. The summed E-state index contributed by atoms with van der Waals surface area (Å²) in [6, 6.07) is 2.72. The molecule has 0 aliphatic carbocycles. The second-order valence-electron chi connectivity index (χ2n) is 3.74. The van der Waals surface area contributed by atoms with E-state index in [1.165, 1.54) is 6.07 Å². The Hall–Kier alpha value is -0.490. The van der Waals surface area contributed by atoms with Gasteiger partial charge in [0, 0.05) is 17.7 Å². The molecule has 0 fully saturated rings. The number of hydrogen-bond acceptors (Lipinski definition) is 2. The van der Waals surface area contributed by atoms with Gasteiger partial charge >= 0.3 is 6.18 Å². The minimum atomic E-state index is -4.43. The molecule has 1 aromatic rings. The SMILES string of the molecule is Cl.N[C@H](CCCO)c1cc(Cl)cc(C(F)(F)F)c1. The monoisotopic (exact) mass is 303 g/mol. The van der Waals surface area contributed by atoms with Gasteiger partial charge in [-0.1, -0.05) is 11.6 Å². The van der Waals surface area contributed by atoms with E-state index in [2.05, 4.69) is 0 Å². The van der Waals surface area contributed by atoms with Crippen LogP contribution in [0, 0.1) is 0 Å². The lowest BCUT2D eigenvalue weighted by Crippen LogP contribution is -2.13. The van der Waals surface area contributed by atoms with Crippen LogP contribution in [0.2, 0.25) is 5.02 Å². The Morgan fingerprint density at radius 2 is 1.89 bits per heavy atom. The quantitative estimate of drug-likeness (QED) is 0.893. The molecule has 7 heteroatoms. The first-order valence-electron chi connectivity index (χ1n) is 5.08. The van der Waals surface area contributed by atoms with Crippen molar-refractivity contribution in [1.29, 1.82) is 0 Å². The zero-order chi connectivity index (χ0) is 13.1. The van der Waals surface area contributed by atoms with E-state index in [0.717, 1.165) is 12.1 Å². The normalized spacial score (nSPS) is 13.0. The van der Waals surface area contributed by atoms with Crippen molar-refractivity contribution in [3.05, 3.63) is 34.3 Å². The average molecular weight is 304 g/mol. The molecule has 0 radical (unpaired) electrons. The van der Waals surface area contributed by atoms with Crippen molar-refractivity contribution in [1.82, 2.24) is 0 Å². The van der Waals surface area contributed by atoms with Gasteiger partial charge in [-0.15, -0.1) is 12.4 Å². The first-order chi connectivity index (χ1) is 7.84. The summed E-state index contributed by atoms with van der Waals surface area (Å²) in [5.41, 5.74) is 5.25. The highest BCUT2D eigenvalue weighted by Gasteiger charge is 2.31. The average Bonchev–Trinajstić information content (AvgIpc) is 2.23. The Labute approximate surface area is 114 Å². The van der Waals surface area contributed by atoms with Gasteiger partial charge in [0.15, 0.2) is 0 Å². The number of halogens is 5. The second-order valence-corrected chi connectivity index (χ2v) is 4.18. The van der Waals surface area contributed by atoms with Crippen molar-refractivity contribution >= 4 is 24.0 Å². The molecule has 0 aromatic heterocycles. The molecule has 0 saturated carbocycles. The van der Waals surface area contributed by atoms with Crippen molar-refractivity contribution in [2.24, 2.45) is 5.73 Å². The van der Waals surface area contributed by atoms with Crippen LogP contribution in [-0.4, -0.2) is 11.7 Å². The molecule has 1 aromatic carbocycles. The fourth-order valence-corrected chi connectivity index (χ4v) is 1.71. The number of rotatable bonds is 4. The van der Waals surface area contributed by atoms with Gasteiger partial charge in [-0.25, -0.2) is 0 Å². The van der Waals surface area contributed by atoms with Crippen LogP contribution in [0.25, 0.3) is 0 Å². The van der Waals surface area contributed by atoms with Gasteiger partial charge in [0.1, 0.15) is 0 Å². The summed E-state index contributed by atoms with van der Waals surface area (Å²) in [6.45, 7) is -0.0413. The van der Waals surface area contributed by atoms with E-state index >= 15 is 0 Å². The van der Waals surface area contributed by atoms with E-state index < -0.39 is 17.8 Å². The Bertz CT molecular complexity index is 385. The molecule has 0 aliphatic heterocycles. The molecule has 0 unspecified atom stereocenters. The Balaban J connectivity index is 0.00000289. The predicted molar refractivity (Wildman–Crippen MR) is 67.0 cm³/mol. The van der Waals surface area contributed by atoms with Crippen molar-refractivity contribution in [2.45, 2.75) is 25.1 Å². The van der Waals surface area contributed by atoms with Gasteiger partial charge in [0.05, 0.1) is 5.56 Å². The number of hydrogen-bond donors (Lipinski definition) is 2. The van der Waals surface area contributed by atoms with Crippen molar-refractivity contribution < 1.29 is 18.3 Å². The molecular formula is C11H14Cl2F3NO. The zero-order valence-electron chi connectivity index (χ0n) is 9.38. The first kappa shape index (κ1) is 17.5. The third kappa shape index (κ3) is 5.02. The third-order valence-corrected chi connectivity index (χ3v) is 2.57. The summed E-state index contributed by atoms with van der Waals surface area (Å²) in [4.78, 5) is 0. The highest BCUT2D eigenvalue weighted by atomic mass is 35.5. The van der Waals surface area contributed by atoms with E-state index in [0.29, 0.717) is 18.4 Å². The first-order valence-corrected chi connectivity index (χ1v) is 5.46. The van der Waals surface area contributed by atoms with Crippen LogP contribution in [-0.2, 0) is 6.18 Å². The van der Waals surface area contributed by atoms with E-state index in [-0.39, 0.29) is 24.0 Å². The van der Waals surface area contributed by atoms with Gasteiger partial charge in [0.25, 0.3) is 0 Å². The van der Waals surface area contributed by atoms with Crippen LogP contribution in [0.15, 0.2) is 18.2 Å². The van der Waals surface area contributed by atoms with Gasteiger partial charge in [-0.05, 0) is 36.6 Å². The maximum absolute atomic E-state index is 12.5. The van der Waals surface area contributed by atoms with Crippen LogP contribution < -0.4 is 5.73 Å². The molecule has 3 N–H and O–H groups in total. The standard InChI is InChI=1S/C11H13ClF3NO.ClH/c12-9-5-7(10(16)2-1-3-17)4-8(6-9)11(13,14)15;/h4-6,10,17H,1-3,16H2;1H/t10-;/m1./s1. The summed E-state index contributed by atoms with van der Waals surface area (Å²) in [6.07, 6.45) is -3.58. The number of aliphatic hydroxyl groups is 1. The summed E-state index contributed by atoms with van der Waals surface area (Å²) in [5.74, 6) is 0. The highest BCUT2D eigenvalue weighted by Crippen LogP contribution is 2.33. The van der Waals surface area contributed by atoms with E-state index in [1.54, 1.807) is 0 Å². The largest absolute Gasteiger partial charge is 0.416 e. The Morgan fingerprint density at radius 1 is 1.28 bits per heavy atom. The predicted octanol–water partition coefficient (Wildman–Crippen LogP) is 3.55. The summed E-state index contributed by atoms with van der Waals surface area (Å²) in [5, 5.41) is 8.65. The lowest BCUT2D eigenvalue weighted by molar-refractivity contribution is -0.137. The molecule has 104 valence electrons. The molecular weight excluding hydrogens is 290 g/mol. The van der Waals surface area contributed by atoms with Crippen LogP contribution >= 0.6 is 24.0 Å². The molecule has 0 heterocycles. The topological polar surface area (TPSA) is 46.2 Å². The van der Waals surface area contributed by atoms with Crippen LogP contribution in [0.3, 0.4) is 0 Å². The van der Waals surface area contributed by atoms with Gasteiger partial charge in [-0.3, -0.25) is 0 Å². The number of aliphatic hydroxyl groups excluding tert-OH is 1. The lowest BCUT2D eigenvalue weighted by Gasteiger charge is -2.14. The molecule has 0 saturated heterocycles. The summed E-state index contributed by atoms with van der Waals surface area (Å²) < 4.78 is 37.6. The molecule has 1 atom stereocenters. The maximum Gasteiger partial charge on any atom is 0.416 e. The summed E-state index contributed by atoms with van der Waals surface area (Å²) in [7, 11) is 0. The fourth-order valence-electron chi connectivity index (χ4n) is 1.47. The smallest absolute Gasteiger partial charge is 0.396 e. The lowest BCUT2D eigenvalue weighted by atomic mass is 10.0. The molecule has 1 rings (SSSR count). The van der Waals surface area contributed by atoms with Crippen LogP contribution in [0.5, 0.6) is 0 Å². The Kier molecular flexibility index (Phi) is 6.99. The van der Waals surface area contributed by atoms with Crippen LogP contribution in [0.4, 0.5) is 13.2 Å².